The van der Waals surface area contributed by atoms with Crippen LogP contribution in [-0.2, 0) is 19.1 Å². The summed E-state index contributed by atoms with van der Waals surface area (Å²) in [7, 11) is 0. The van der Waals surface area contributed by atoms with Crippen LogP contribution in [0.5, 0.6) is 0 Å². The van der Waals surface area contributed by atoms with Crippen LogP contribution in [0.25, 0.3) is 0 Å². The first-order valence-electron chi connectivity index (χ1n) is 5.55. The van der Waals surface area contributed by atoms with E-state index in [1.54, 1.807) is 24.3 Å². The van der Waals surface area contributed by atoms with Gasteiger partial charge in [0.2, 0.25) is 0 Å². The van der Waals surface area contributed by atoms with E-state index in [-0.39, 0.29) is 5.97 Å². The maximum atomic E-state index is 11.4. The lowest BCUT2D eigenvalue weighted by Crippen LogP contribution is -2.16. The lowest BCUT2D eigenvalue weighted by atomic mass is 10.2. The lowest BCUT2D eigenvalue weighted by molar-refractivity contribution is -0.188. The van der Waals surface area contributed by atoms with Crippen LogP contribution in [0.1, 0.15) is 38.5 Å². The molecule has 0 saturated carbocycles. The molecule has 92 valence electrons. The third-order valence-corrected chi connectivity index (χ3v) is 2.04. The number of ether oxygens (including phenoxy) is 2. The third-order valence-electron chi connectivity index (χ3n) is 2.04. The van der Waals surface area contributed by atoms with E-state index in [9.17, 15) is 9.59 Å². The highest BCUT2D eigenvalue weighted by atomic mass is 16.7. The Hall–Kier alpha value is -1.84. The molecule has 0 spiro atoms. The molecule has 1 atom stereocenters. The van der Waals surface area contributed by atoms with Crippen LogP contribution >= 0.6 is 0 Å². The van der Waals surface area contributed by atoms with E-state index in [4.69, 9.17) is 9.47 Å². The zero-order chi connectivity index (χ0) is 12.7. The van der Waals surface area contributed by atoms with Crippen molar-refractivity contribution in [1.82, 2.24) is 0 Å². The van der Waals surface area contributed by atoms with Gasteiger partial charge in [0.15, 0.2) is 0 Å². The van der Waals surface area contributed by atoms with Gasteiger partial charge in [-0.15, -0.1) is 0 Å². The molecule has 0 aliphatic rings. The van der Waals surface area contributed by atoms with Crippen molar-refractivity contribution in [3.05, 3.63) is 35.9 Å². The average molecular weight is 236 g/mol. The first kappa shape index (κ1) is 13.2. The highest BCUT2D eigenvalue weighted by Gasteiger charge is 2.18. The summed E-state index contributed by atoms with van der Waals surface area (Å²) >= 11 is 0. The van der Waals surface area contributed by atoms with E-state index in [1.807, 2.05) is 13.0 Å². The molecule has 0 heterocycles. The van der Waals surface area contributed by atoms with Crippen LogP contribution < -0.4 is 0 Å². The topological polar surface area (TPSA) is 52.6 Å². The SMILES string of the molecule is CCCC(=O)OC(OC(C)=O)c1ccccc1. The molecule has 1 rings (SSSR count). The van der Waals surface area contributed by atoms with Crippen LogP contribution in [-0.4, -0.2) is 11.9 Å². The number of hydrogen-bond acceptors (Lipinski definition) is 4. The molecular weight excluding hydrogens is 220 g/mol. The molecule has 0 aliphatic heterocycles. The largest absolute Gasteiger partial charge is 0.421 e. The predicted octanol–water partition coefficient (Wildman–Crippen LogP) is 2.59. The predicted molar refractivity (Wildman–Crippen MR) is 61.9 cm³/mol. The molecule has 0 radical (unpaired) electrons. The van der Waals surface area contributed by atoms with E-state index in [0.717, 1.165) is 0 Å². The second-order valence-corrected chi connectivity index (χ2v) is 3.59. The fourth-order valence-electron chi connectivity index (χ4n) is 1.30. The van der Waals surface area contributed by atoms with Crippen LogP contribution in [0.15, 0.2) is 30.3 Å². The van der Waals surface area contributed by atoms with E-state index in [0.29, 0.717) is 18.4 Å². The minimum Gasteiger partial charge on any atom is -0.421 e. The van der Waals surface area contributed by atoms with Gasteiger partial charge in [-0.25, -0.2) is 0 Å². The first-order chi connectivity index (χ1) is 8.13. The monoisotopic (exact) mass is 236 g/mol. The van der Waals surface area contributed by atoms with Gasteiger partial charge in [0.1, 0.15) is 0 Å². The lowest BCUT2D eigenvalue weighted by Gasteiger charge is -2.17. The van der Waals surface area contributed by atoms with Crippen molar-refractivity contribution in [1.29, 1.82) is 0 Å². The molecule has 0 bridgehead atoms. The van der Waals surface area contributed by atoms with Gasteiger partial charge in [-0.2, -0.15) is 0 Å². The Labute approximate surface area is 101 Å². The molecule has 1 aromatic carbocycles. The van der Waals surface area contributed by atoms with Crippen molar-refractivity contribution in [2.24, 2.45) is 0 Å². The molecular formula is C13H16O4. The molecule has 0 saturated heterocycles. The number of rotatable bonds is 5. The van der Waals surface area contributed by atoms with Gasteiger partial charge in [0, 0.05) is 18.9 Å². The first-order valence-corrected chi connectivity index (χ1v) is 5.55. The Balaban J connectivity index is 2.74. The molecule has 1 aromatic rings. The van der Waals surface area contributed by atoms with Gasteiger partial charge >= 0.3 is 11.9 Å². The molecule has 0 N–H and O–H groups in total. The summed E-state index contributed by atoms with van der Waals surface area (Å²) in [6, 6.07) is 8.90. The third kappa shape index (κ3) is 4.68. The summed E-state index contributed by atoms with van der Waals surface area (Å²) in [5.74, 6) is -0.856. The average Bonchev–Trinajstić information content (AvgIpc) is 2.29. The Bertz CT molecular complexity index is 372. The summed E-state index contributed by atoms with van der Waals surface area (Å²) in [4.78, 5) is 22.3. The zero-order valence-electron chi connectivity index (χ0n) is 10.0. The Morgan fingerprint density at radius 1 is 1.18 bits per heavy atom. The number of esters is 2. The highest BCUT2D eigenvalue weighted by Crippen LogP contribution is 2.19. The smallest absolute Gasteiger partial charge is 0.309 e. The van der Waals surface area contributed by atoms with Gasteiger partial charge < -0.3 is 9.47 Å². The highest BCUT2D eigenvalue weighted by molar-refractivity contribution is 5.70. The zero-order valence-corrected chi connectivity index (χ0v) is 10.0. The molecule has 4 heteroatoms. The summed E-state index contributed by atoms with van der Waals surface area (Å²) in [6.07, 6.45) is 0.0538. The van der Waals surface area contributed by atoms with Gasteiger partial charge in [0.05, 0.1) is 0 Å². The molecule has 1 unspecified atom stereocenters. The molecule has 0 aliphatic carbocycles. The standard InChI is InChI=1S/C13H16O4/c1-3-7-12(15)17-13(16-10(2)14)11-8-5-4-6-9-11/h4-6,8-9,13H,3,7H2,1-2H3. The van der Waals surface area contributed by atoms with E-state index in [1.165, 1.54) is 6.92 Å². The Morgan fingerprint density at radius 2 is 1.82 bits per heavy atom. The van der Waals surface area contributed by atoms with Crippen molar-refractivity contribution in [2.45, 2.75) is 33.0 Å². The number of carbonyl (C=O) groups excluding carboxylic acids is 2. The minimum absolute atomic E-state index is 0.310. The van der Waals surface area contributed by atoms with Crippen LogP contribution in [0.2, 0.25) is 0 Å². The molecule has 0 aromatic heterocycles. The molecule has 4 nitrogen and oxygen atoms in total. The van der Waals surface area contributed by atoms with E-state index in [2.05, 4.69) is 0 Å². The van der Waals surface area contributed by atoms with Crippen molar-refractivity contribution in [3.8, 4) is 0 Å². The Kier molecular flexibility index (Phi) is 5.20. The van der Waals surface area contributed by atoms with Gasteiger partial charge in [-0.05, 0) is 6.42 Å². The number of benzene rings is 1. The second kappa shape index (κ2) is 6.68. The summed E-state index contributed by atoms with van der Waals surface area (Å²) in [6.45, 7) is 3.16. The van der Waals surface area contributed by atoms with Crippen molar-refractivity contribution in [3.63, 3.8) is 0 Å². The van der Waals surface area contributed by atoms with Gasteiger partial charge in [-0.3, -0.25) is 9.59 Å². The minimum atomic E-state index is -0.951. The second-order valence-electron chi connectivity index (χ2n) is 3.59. The van der Waals surface area contributed by atoms with Gasteiger partial charge in [-0.1, -0.05) is 37.3 Å². The quantitative estimate of drug-likeness (QED) is 0.582. The maximum Gasteiger partial charge on any atom is 0.309 e. The van der Waals surface area contributed by atoms with Crippen LogP contribution in [0.3, 0.4) is 0 Å². The Morgan fingerprint density at radius 3 is 2.35 bits per heavy atom. The fourth-order valence-corrected chi connectivity index (χ4v) is 1.30. The molecule has 0 fully saturated rings. The number of hydrogen-bond donors (Lipinski definition) is 0. The molecule has 0 amide bonds. The van der Waals surface area contributed by atoms with Crippen LogP contribution in [0.4, 0.5) is 0 Å². The summed E-state index contributed by atoms with van der Waals surface area (Å²) in [5.41, 5.74) is 0.646. The van der Waals surface area contributed by atoms with Crippen LogP contribution in [0, 0.1) is 0 Å². The van der Waals surface area contributed by atoms with E-state index < -0.39 is 12.3 Å². The van der Waals surface area contributed by atoms with Crippen molar-refractivity contribution < 1.29 is 19.1 Å². The normalized spacial score (nSPS) is 11.6. The number of carbonyl (C=O) groups is 2. The van der Waals surface area contributed by atoms with Crippen molar-refractivity contribution >= 4 is 11.9 Å². The fraction of sp³-hybridized carbons (Fsp3) is 0.385. The van der Waals surface area contributed by atoms with Gasteiger partial charge in [0.25, 0.3) is 6.29 Å². The summed E-state index contributed by atoms with van der Waals surface area (Å²) < 4.78 is 10.1. The summed E-state index contributed by atoms with van der Waals surface area (Å²) in [5, 5.41) is 0. The molecule has 17 heavy (non-hydrogen) atoms. The maximum absolute atomic E-state index is 11.4. The van der Waals surface area contributed by atoms with E-state index >= 15 is 0 Å². The van der Waals surface area contributed by atoms with Crippen molar-refractivity contribution in [2.75, 3.05) is 0 Å².